The predicted octanol–water partition coefficient (Wildman–Crippen LogP) is 3.74. The molecule has 0 saturated heterocycles. The van der Waals surface area contributed by atoms with E-state index in [0.29, 0.717) is 22.8 Å². The number of hydrogen-bond acceptors (Lipinski definition) is 3. The van der Waals surface area contributed by atoms with E-state index in [-0.39, 0.29) is 0 Å². The van der Waals surface area contributed by atoms with Crippen LogP contribution < -0.4 is 10.6 Å². The summed E-state index contributed by atoms with van der Waals surface area (Å²) in [4.78, 5) is 2.05. The molecule has 2 rings (SSSR count). The first-order chi connectivity index (χ1) is 9.51. The van der Waals surface area contributed by atoms with Gasteiger partial charge < -0.3 is 10.6 Å². The smallest absolute Gasteiger partial charge is 0.0991 e. The zero-order valence-corrected chi connectivity index (χ0v) is 12.3. The van der Waals surface area contributed by atoms with E-state index in [0.717, 1.165) is 16.8 Å². The molecule has 0 unspecified atom stereocenters. The summed E-state index contributed by atoms with van der Waals surface area (Å²) < 4.78 is 0. The van der Waals surface area contributed by atoms with Gasteiger partial charge in [0.1, 0.15) is 0 Å². The molecular weight excluding hydrogens is 270 g/mol. The van der Waals surface area contributed by atoms with Crippen molar-refractivity contribution >= 4 is 23.0 Å². The van der Waals surface area contributed by atoms with Gasteiger partial charge in [0.15, 0.2) is 0 Å². The van der Waals surface area contributed by atoms with E-state index in [1.54, 1.807) is 12.1 Å². The highest BCUT2D eigenvalue weighted by molar-refractivity contribution is 6.31. The number of nitriles is 1. The standard InChI is InChI=1S/C16H16ClN3/c1-11-7-12(9-18)3-4-13(11)10-20(2)16-8-14(17)5-6-15(16)19/h3-8H,10,19H2,1-2H3. The van der Waals surface area contributed by atoms with Gasteiger partial charge in [-0.15, -0.1) is 0 Å². The lowest BCUT2D eigenvalue weighted by molar-refractivity contribution is 0.915. The number of aryl methyl sites for hydroxylation is 1. The first-order valence-corrected chi connectivity index (χ1v) is 6.65. The van der Waals surface area contributed by atoms with Crippen LogP contribution in [-0.2, 0) is 6.54 Å². The Labute approximate surface area is 124 Å². The minimum Gasteiger partial charge on any atom is -0.397 e. The lowest BCUT2D eigenvalue weighted by Gasteiger charge is -2.22. The fourth-order valence-electron chi connectivity index (χ4n) is 2.13. The Morgan fingerprint density at radius 3 is 2.65 bits per heavy atom. The van der Waals surface area contributed by atoms with E-state index in [4.69, 9.17) is 22.6 Å². The van der Waals surface area contributed by atoms with Crippen molar-refractivity contribution in [3.63, 3.8) is 0 Å². The maximum atomic E-state index is 8.89. The molecule has 0 atom stereocenters. The van der Waals surface area contributed by atoms with Crippen molar-refractivity contribution in [1.29, 1.82) is 5.26 Å². The van der Waals surface area contributed by atoms with Crippen LogP contribution in [0, 0.1) is 18.3 Å². The van der Waals surface area contributed by atoms with Crippen molar-refractivity contribution in [3.8, 4) is 6.07 Å². The number of benzene rings is 2. The first kappa shape index (κ1) is 14.2. The summed E-state index contributed by atoms with van der Waals surface area (Å²) in [5, 5.41) is 9.55. The van der Waals surface area contributed by atoms with Gasteiger partial charge in [-0.25, -0.2) is 0 Å². The molecule has 0 fully saturated rings. The number of halogens is 1. The van der Waals surface area contributed by atoms with Crippen molar-refractivity contribution in [2.45, 2.75) is 13.5 Å². The summed E-state index contributed by atoms with van der Waals surface area (Å²) in [5.74, 6) is 0. The van der Waals surface area contributed by atoms with Gasteiger partial charge in [-0.05, 0) is 48.4 Å². The van der Waals surface area contributed by atoms with Gasteiger partial charge in [-0.3, -0.25) is 0 Å². The highest BCUT2D eigenvalue weighted by Gasteiger charge is 2.09. The van der Waals surface area contributed by atoms with Gasteiger partial charge in [0.05, 0.1) is 23.0 Å². The second kappa shape index (κ2) is 5.85. The number of nitrogens with zero attached hydrogens (tertiary/aromatic N) is 2. The monoisotopic (exact) mass is 285 g/mol. The fraction of sp³-hybridized carbons (Fsp3) is 0.188. The number of nitrogen functional groups attached to an aromatic ring is 1. The molecule has 0 aliphatic rings. The number of anilines is 2. The van der Waals surface area contributed by atoms with Crippen LogP contribution in [0.5, 0.6) is 0 Å². The third kappa shape index (κ3) is 3.04. The molecule has 2 aromatic carbocycles. The predicted molar refractivity (Wildman–Crippen MR) is 83.9 cm³/mol. The Morgan fingerprint density at radius 2 is 2.00 bits per heavy atom. The Kier molecular flexibility index (Phi) is 4.16. The summed E-state index contributed by atoms with van der Waals surface area (Å²) in [6.07, 6.45) is 0. The lowest BCUT2D eigenvalue weighted by Crippen LogP contribution is -2.18. The molecular formula is C16H16ClN3. The molecule has 2 aromatic rings. The molecule has 0 heterocycles. The van der Waals surface area contributed by atoms with E-state index >= 15 is 0 Å². The summed E-state index contributed by atoms with van der Waals surface area (Å²) in [6, 6.07) is 13.3. The molecule has 0 amide bonds. The number of hydrogen-bond donors (Lipinski definition) is 1. The van der Waals surface area contributed by atoms with Crippen LogP contribution in [0.25, 0.3) is 0 Å². The van der Waals surface area contributed by atoms with Crippen molar-refractivity contribution in [2.24, 2.45) is 0 Å². The van der Waals surface area contributed by atoms with Crippen LogP contribution in [0.2, 0.25) is 5.02 Å². The Bertz CT molecular complexity index is 674. The molecule has 0 saturated carbocycles. The average Bonchev–Trinajstić information content (AvgIpc) is 2.43. The van der Waals surface area contributed by atoms with E-state index in [2.05, 4.69) is 11.0 Å². The van der Waals surface area contributed by atoms with Gasteiger partial charge in [0.2, 0.25) is 0 Å². The molecule has 20 heavy (non-hydrogen) atoms. The summed E-state index contributed by atoms with van der Waals surface area (Å²) in [5.41, 5.74) is 10.5. The first-order valence-electron chi connectivity index (χ1n) is 6.27. The molecule has 102 valence electrons. The molecule has 4 heteroatoms. The van der Waals surface area contributed by atoms with Crippen molar-refractivity contribution in [2.75, 3.05) is 17.7 Å². The third-order valence-electron chi connectivity index (χ3n) is 3.28. The van der Waals surface area contributed by atoms with Gasteiger partial charge in [-0.1, -0.05) is 17.7 Å². The normalized spacial score (nSPS) is 10.1. The minimum atomic E-state index is 0.664. The highest BCUT2D eigenvalue weighted by atomic mass is 35.5. The van der Waals surface area contributed by atoms with Crippen molar-refractivity contribution in [1.82, 2.24) is 0 Å². The van der Waals surface area contributed by atoms with Crippen LogP contribution in [0.15, 0.2) is 36.4 Å². The zero-order chi connectivity index (χ0) is 14.7. The molecule has 0 aliphatic heterocycles. The number of nitrogens with two attached hydrogens (primary N) is 1. The molecule has 3 nitrogen and oxygen atoms in total. The minimum absolute atomic E-state index is 0.664. The second-order valence-corrected chi connectivity index (χ2v) is 5.25. The van der Waals surface area contributed by atoms with Crippen LogP contribution in [-0.4, -0.2) is 7.05 Å². The Morgan fingerprint density at radius 1 is 1.25 bits per heavy atom. The van der Waals surface area contributed by atoms with E-state index in [9.17, 15) is 0 Å². The number of rotatable bonds is 3. The van der Waals surface area contributed by atoms with E-state index < -0.39 is 0 Å². The van der Waals surface area contributed by atoms with Gasteiger partial charge >= 0.3 is 0 Å². The Hall–Kier alpha value is -2.18. The summed E-state index contributed by atoms with van der Waals surface area (Å²) in [6.45, 7) is 2.72. The van der Waals surface area contributed by atoms with Crippen molar-refractivity contribution < 1.29 is 0 Å². The molecule has 0 aliphatic carbocycles. The molecule has 0 radical (unpaired) electrons. The maximum Gasteiger partial charge on any atom is 0.0991 e. The van der Waals surface area contributed by atoms with Gasteiger partial charge in [-0.2, -0.15) is 5.26 Å². The second-order valence-electron chi connectivity index (χ2n) is 4.81. The molecule has 2 N–H and O–H groups in total. The molecule has 0 spiro atoms. The van der Waals surface area contributed by atoms with Crippen molar-refractivity contribution in [3.05, 3.63) is 58.1 Å². The van der Waals surface area contributed by atoms with Crippen LogP contribution in [0.3, 0.4) is 0 Å². The van der Waals surface area contributed by atoms with Gasteiger partial charge in [0, 0.05) is 18.6 Å². The molecule has 0 aromatic heterocycles. The topological polar surface area (TPSA) is 53.0 Å². The third-order valence-corrected chi connectivity index (χ3v) is 3.52. The SMILES string of the molecule is Cc1cc(C#N)ccc1CN(C)c1cc(Cl)ccc1N. The van der Waals surface area contributed by atoms with Crippen LogP contribution in [0.1, 0.15) is 16.7 Å². The molecule has 0 bridgehead atoms. The zero-order valence-electron chi connectivity index (χ0n) is 11.5. The van der Waals surface area contributed by atoms with Gasteiger partial charge in [0.25, 0.3) is 0 Å². The summed E-state index contributed by atoms with van der Waals surface area (Å²) in [7, 11) is 1.97. The van der Waals surface area contributed by atoms with Crippen LogP contribution in [0.4, 0.5) is 11.4 Å². The van der Waals surface area contributed by atoms with E-state index in [1.165, 1.54) is 0 Å². The largest absolute Gasteiger partial charge is 0.397 e. The quantitative estimate of drug-likeness (QED) is 0.874. The lowest BCUT2D eigenvalue weighted by atomic mass is 10.0. The Balaban J connectivity index is 2.26. The highest BCUT2D eigenvalue weighted by Crippen LogP contribution is 2.27. The van der Waals surface area contributed by atoms with E-state index in [1.807, 2.05) is 38.2 Å². The van der Waals surface area contributed by atoms with Crippen LogP contribution >= 0.6 is 11.6 Å². The fourth-order valence-corrected chi connectivity index (χ4v) is 2.30. The summed E-state index contributed by atoms with van der Waals surface area (Å²) >= 11 is 6.02. The average molecular weight is 286 g/mol. The maximum absolute atomic E-state index is 8.89.